The monoisotopic (exact) mass is 409 g/mol. The number of benzene rings is 3. The van der Waals surface area contributed by atoms with E-state index in [-0.39, 0.29) is 11.9 Å². The van der Waals surface area contributed by atoms with Gasteiger partial charge in [-0.1, -0.05) is 60.5 Å². The maximum absolute atomic E-state index is 12.6. The third-order valence-electron chi connectivity index (χ3n) is 4.63. The molecule has 144 valence electrons. The van der Waals surface area contributed by atoms with Crippen molar-refractivity contribution in [1.29, 1.82) is 0 Å². The minimum Gasteiger partial charge on any atom is -0.345 e. The zero-order valence-corrected chi connectivity index (χ0v) is 17.7. The molecule has 0 heterocycles. The van der Waals surface area contributed by atoms with Crippen molar-refractivity contribution in [1.82, 2.24) is 5.32 Å². The van der Waals surface area contributed by atoms with Gasteiger partial charge in [-0.3, -0.25) is 4.79 Å². The van der Waals surface area contributed by atoms with E-state index in [4.69, 9.17) is 11.6 Å². The lowest BCUT2D eigenvalue weighted by Gasteiger charge is -2.18. The van der Waals surface area contributed by atoms with Crippen LogP contribution >= 0.6 is 23.4 Å². The highest BCUT2D eigenvalue weighted by Crippen LogP contribution is 2.24. The second-order valence-electron chi connectivity index (χ2n) is 6.78. The van der Waals surface area contributed by atoms with Gasteiger partial charge in [0.15, 0.2) is 0 Å². The summed E-state index contributed by atoms with van der Waals surface area (Å²) in [7, 11) is 0. The van der Waals surface area contributed by atoms with Crippen LogP contribution in [0.15, 0.2) is 77.7 Å². The van der Waals surface area contributed by atoms with Crippen LogP contribution < -0.4 is 5.32 Å². The van der Waals surface area contributed by atoms with Gasteiger partial charge in [-0.05, 0) is 60.9 Å². The fourth-order valence-corrected chi connectivity index (χ4v) is 3.89. The van der Waals surface area contributed by atoms with Crippen LogP contribution in [0.1, 0.15) is 46.4 Å². The van der Waals surface area contributed by atoms with E-state index in [2.05, 4.69) is 43.4 Å². The number of carbonyl (C=O) groups is 1. The number of hydrogen-bond donors (Lipinski definition) is 1. The summed E-state index contributed by atoms with van der Waals surface area (Å²) in [4.78, 5) is 13.8. The van der Waals surface area contributed by atoms with Crippen LogP contribution in [-0.2, 0) is 5.75 Å². The lowest BCUT2D eigenvalue weighted by molar-refractivity contribution is 0.0935. The van der Waals surface area contributed by atoms with Gasteiger partial charge in [0.05, 0.1) is 6.04 Å². The second-order valence-corrected chi connectivity index (χ2v) is 8.27. The zero-order chi connectivity index (χ0) is 19.9. The van der Waals surface area contributed by atoms with Crippen LogP contribution in [0.5, 0.6) is 0 Å². The lowest BCUT2D eigenvalue weighted by Crippen LogP contribution is -2.28. The van der Waals surface area contributed by atoms with Gasteiger partial charge in [-0.25, -0.2) is 0 Å². The molecule has 1 amide bonds. The summed E-state index contributed by atoms with van der Waals surface area (Å²) in [5.41, 5.74) is 4.22. The molecule has 2 nitrogen and oxygen atoms in total. The normalized spacial score (nSPS) is 11.8. The molecular weight excluding hydrogens is 386 g/mol. The second kappa shape index (κ2) is 9.81. The molecule has 1 atom stereocenters. The van der Waals surface area contributed by atoms with Crippen molar-refractivity contribution in [3.05, 3.63) is 100 Å². The smallest absolute Gasteiger partial charge is 0.251 e. The Morgan fingerprint density at radius 1 is 0.964 bits per heavy atom. The van der Waals surface area contributed by atoms with Crippen LogP contribution in [0.4, 0.5) is 0 Å². The molecule has 3 aromatic carbocycles. The third kappa shape index (κ3) is 5.63. The molecule has 0 unspecified atom stereocenters. The van der Waals surface area contributed by atoms with Gasteiger partial charge in [-0.15, -0.1) is 11.8 Å². The SMILES string of the molecule is CC[C@@H](NC(=O)c1ccc(CSc2ccc(Cl)cc2)cc1)c1ccc(C)cc1. The van der Waals surface area contributed by atoms with E-state index in [9.17, 15) is 4.79 Å². The van der Waals surface area contributed by atoms with Crippen molar-refractivity contribution in [2.24, 2.45) is 0 Å². The van der Waals surface area contributed by atoms with E-state index >= 15 is 0 Å². The molecule has 0 aliphatic rings. The molecular formula is C24H24ClNOS. The molecule has 28 heavy (non-hydrogen) atoms. The summed E-state index contributed by atoms with van der Waals surface area (Å²) in [5.74, 6) is 0.814. The van der Waals surface area contributed by atoms with Crippen LogP contribution in [0.3, 0.4) is 0 Å². The van der Waals surface area contributed by atoms with E-state index in [0.717, 1.165) is 22.8 Å². The maximum Gasteiger partial charge on any atom is 0.251 e. The molecule has 0 spiro atoms. The van der Waals surface area contributed by atoms with Crippen molar-refractivity contribution in [3.8, 4) is 0 Å². The number of carbonyl (C=O) groups excluding carboxylic acids is 1. The molecule has 0 aromatic heterocycles. The predicted molar refractivity (Wildman–Crippen MR) is 119 cm³/mol. The Hall–Kier alpha value is -2.23. The molecule has 0 aliphatic carbocycles. The van der Waals surface area contributed by atoms with Crippen molar-refractivity contribution >= 4 is 29.3 Å². The predicted octanol–water partition coefficient (Wildman–Crippen LogP) is 6.82. The maximum atomic E-state index is 12.6. The highest BCUT2D eigenvalue weighted by atomic mass is 35.5. The van der Waals surface area contributed by atoms with Gasteiger partial charge in [0.1, 0.15) is 0 Å². The molecule has 0 radical (unpaired) electrons. The van der Waals surface area contributed by atoms with Crippen molar-refractivity contribution in [2.45, 2.75) is 37.0 Å². The number of halogens is 1. The van der Waals surface area contributed by atoms with Crippen molar-refractivity contribution in [3.63, 3.8) is 0 Å². The fraction of sp³-hybridized carbons (Fsp3) is 0.208. The Morgan fingerprint density at radius 3 is 2.21 bits per heavy atom. The Labute approximate surface area is 176 Å². The zero-order valence-electron chi connectivity index (χ0n) is 16.1. The molecule has 1 N–H and O–H groups in total. The lowest BCUT2D eigenvalue weighted by atomic mass is 10.0. The average Bonchev–Trinajstić information content (AvgIpc) is 2.72. The van der Waals surface area contributed by atoms with Gasteiger partial charge < -0.3 is 5.32 Å². The Kier molecular flexibility index (Phi) is 7.18. The highest BCUT2D eigenvalue weighted by Gasteiger charge is 2.14. The average molecular weight is 410 g/mol. The molecule has 0 saturated carbocycles. The van der Waals surface area contributed by atoms with Crippen LogP contribution in [-0.4, -0.2) is 5.91 Å². The Morgan fingerprint density at radius 2 is 1.61 bits per heavy atom. The van der Waals surface area contributed by atoms with Crippen LogP contribution in [0.25, 0.3) is 0 Å². The van der Waals surface area contributed by atoms with E-state index < -0.39 is 0 Å². The van der Waals surface area contributed by atoms with E-state index in [0.29, 0.717) is 5.56 Å². The largest absolute Gasteiger partial charge is 0.345 e. The molecule has 0 aliphatic heterocycles. The molecule has 4 heteroatoms. The summed E-state index contributed by atoms with van der Waals surface area (Å²) >= 11 is 7.67. The van der Waals surface area contributed by atoms with Gasteiger partial charge in [0.25, 0.3) is 5.91 Å². The molecule has 0 saturated heterocycles. The molecule has 0 fully saturated rings. The number of hydrogen-bond acceptors (Lipinski definition) is 2. The van der Waals surface area contributed by atoms with Crippen molar-refractivity contribution in [2.75, 3.05) is 0 Å². The van der Waals surface area contributed by atoms with Crippen LogP contribution in [0.2, 0.25) is 5.02 Å². The standard InChI is InChI=1S/C24H24ClNOS/c1-3-23(19-8-4-17(2)5-9-19)26-24(27)20-10-6-18(7-11-20)16-28-22-14-12-21(25)13-15-22/h4-15,23H,3,16H2,1-2H3,(H,26,27)/t23-/m1/s1. The number of rotatable bonds is 7. The Balaban J connectivity index is 1.59. The fourth-order valence-electron chi connectivity index (χ4n) is 2.91. The molecule has 0 bridgehead atoms. The van der Waals surface area contributed by atoms with Crippen molar-refractivity contribution < 1.29 is 4.79 Å². The number of amides is 1. The summed E-state index contributed by atoms with van der Waals surface area (Å²) in [5, 5.41) is 3.89. The topological polar surface area (TPSA) is 29.1 Å². The van der Waals surface area contributed by atoms with E-state index in [1.165, 1.54) is 16.0 Å². The minimum atomic E-state index is -0.0377. The van der Waals surface area contributed by atoms with Gasteiger partial charge in [0.2, 0.25) is 0 Å². The minimum absolute atomic E-state index is 0.0215. The Bertz CT molecular complexity index is 905. The number of nitrogens with one attached hydrogen (secondary N) is 1. The summed E-state index contributed by atoms with van der Waals surface area (Å²) in [6.45, 7) is 4.15. The first-order valence-corrected chi connectivity index (χ1v) is 10.8. The van der Waals surface area contributed by atoms with Gasteiger partial charge >= 0.3 is 0 Å². The first-order chi connectivity index (χ1) is 13.5. The number of thioether (sulfide) groups is 1. The van der Waals surface area contributed by atoms with E-state index in [1.54, 1.807) is 11.8 Å². The first kappa shape index (κ1) is 20.5. The van der Waals surface area contributed by atoms with Gasteiger partial charge in [0, 0.05) is 21.2 Å². The van der Waals surface area contributed by atoms with Crippen LogP contribution in [0, 0.1) is 6.92 Å². The number of aryl methyl sites for hydroxylation is 1. The quantitative estimate of drug-likeness (QED) is 0.433. The third-order valence-corrected chi connectivity index (χ3v) is 5.96. The van der Waals surface area contributed by atoms with Gasteiger partial charge in [-0.2, -0.15) is 0 Å². The summed E-state index contributed by atoms with van der Waals surface area (Å²) in [6.07, 6.45) is 0.852. The summed E-state index contributed by atoms with van der Waals surface area (Å²) < 4.78 is 0. The first-order valence-electron chi connectivity index (χ1n) is 9.40. The van der Waals surface area contributed by atoms with E-state index in [1.807, 2.05) is 48.5 Å². The molecule has 3 rings (SSSR count). The summed E-state index contributed by atoms with van der Waals surface area (Å²) in [6, 6.07) is 24.0. The highest BCUT2D eigenvalue weighted by molar-refractivity contribution is 7.98. The molecule has 3 aromatic rings.